The molecule has 4 heteroatoms. The quantitative estimate of drug-likeness (QED) is 0.872. The Bertz CT molecular complexity index is 476. The van der Waals surface area contributed by atoms with E-state index in [-0.39, 0.29) is 11.9 Å². The number of ether oxygens (including phenoxy) is 1. The van der Waals surface area contributed by atoms with Crippen LogP contribution >= 0.6 is 15.9 Å². The molecule has 1 N–H and O–H groups in total. The summed E-state index contributed by atoms with van der Waals surface area (Å²) in [6.07, 6.45) is 3.66. The fourth-order valence-electron chi connectivity index (χ4n) is 2.68. The molecule has 0 aromatic heterocycles. The first kappa shape index (κ1) is 15.4. The monoisotopic (exact) mass is 339 g/mol. The number of fused-ring (bicyclic) bond motifs is 1. The van der Waals surface area contributed by atoms with Gasteiger partial charge in [-0.1, -0.05) is 42.6 Å². The number of rotatable bonds is 5. The Hall–Kier alpha value is -1.03. The maximum atomic E-state index is 12.1. The van der Waals surface area contributed by atoms with Crippen molar-refractivity contribution in [2.24, 2.45) is 5.92 Å². The molecular formula is C16H22BrNO2. The van der Waals surface area contributed by atoms with Crippen molar-refractivity contribution >= 4 is 21.8 Å². The summed E-state index contributed by atoms with van der Waals surface area (Å²) in [6, 6.07) is 6.02. The van der Waals surface area contributed by atoms with E-state index >= 15 is 0 Å². The topological polar surface area (TPSA) is 38.3 Å². The lowest BCUT2D eigenvalue weighted by Crippen LogP contribution is -2.32. The standard InChI is InChI=1S/C16H22BrNO2/c1-3-4-11(2)9-16(19)18-14-7-8-20-15-6-5-12(17)10-13(14)15/h5-6,10-11,14H,3-4,7-9H2,1-2H3,(H,18,19). The van der Waals surface area contributed by atoms with E-state index in [9.17, 15) is 4.79 Å². The molecule has 1 aromatic rings. The van der Waals surface area contributed by atoms with Crippen LogP contribution in [0.5, 0.6) is 5.75 Å². The number of hydrogen-bond acceptors (Lipinski definition) is 2. The smallest absolute Gasteiger partial charge is 0.220 e. The third kappa shape index (κ3) is 3.98. The third-order valence-electron chi connectivity index (χ3n) is 3.66. The molecule has 0 bridgehead atoms. The predicted molar refractivity (Wildman–Crippen MR) is 83.8 cm³/mol. The zero-order valence-electron chi connectivity index (χ0n) is 12.1. The molecule has 0 saturated carbocycles. The molecule has 0 saturated heterocycles. The van der Waals surface area contributed by atoms with Crippen molar-refractivity contribution in [2.45, 2.75) is 45.6 Å². The fraction of sp³-hybridized carbons (Fsp3) is 0.562. The van der Waals surface area contributed by atoms with Gasteiger partial charge in [-0.05, 0) is 24.1 Å². The van der Waals surface area contributed by atoms with Crippen LogP contribution in [-0.4, -0.2) is 12.5 Å². The summed E-state index contributed by atoms with van der Waals surface area (Å²) in [5, 5.41) is 3.15. The average molecular weight is 340 g/mol. The molecule has 110 valence electrons. The first-order chi connectivity index (χ1) is 9.60. The molecule has 20 heavy (non-hydrogen) atoms. The van der Waals surface area contributed by atoms with Gasteiger partial charge in [0.1, 0.15) is 5.75 Å². The number of nitrogens with one attached hydrogen (secondary N) is 1. The van der Waals surface area contributed by atoms with Crippen molar-refractivity contribution in [3.05, 3.63) is 28.2 Å². The van der Waals surface area contributed by atoms with Crippen molar-refractivity contribution in [1.82, 2.24) is 5.32 Å². The van der Waals surface area contributed by atoms with Gasteiger partial charge in [0.05, 0.1) is 12.6 Å². The van der Waals surface area contributed by atoms with Gasteiger partial charge < -0.3 is 10.1 Å². The van der Waals surface area contributed by atoms with Crippen molar-refractivity contribution in [2.75, 3.05) is 6.61 Å². The summed E-state index contributed by atoms with van der Waals surface area (Å²) < 4.78 is 6.65. The number of carbonyl (C=O) groups is 1. The van der Waals surface area contributed by atoms with E-state index in [2.05, 4.69) is 35.1 Å². The summed E-state index contributed by atoms with van der Waals surface area (Å²) in [4.78, 5) is 12.1. The number of hydrogen-bond donors (Lipinski definition) is 1. The minimum absolute atomic E-state index is 0.0672. The zero-order chi connectivity index (χ0) is 14.5. The predicted octanol–water partition coefficient (Wildman–Crippen LogP) is 4.22. The SMILES string of the molecule is CCCC(C)CC(=O)NC1CCOc2ccc(Br)cc21. The van der Waals surface area contributed by atoms with E-state index in [0.717, 1.165) is 35.0 Å². The molecule has 1 aromatic carbocycles. The minimum Gasteiger partial charge on any atom is -0.493 e. The highest BCUT2D eigenvalue weighted by atomic mass is 79.9. The Kier molecular flexibility index (Phi) is 5.46. The van der Waals surface area contributed by atoms with Gasteiger partial charge in [0.2, 0.25) is 5.91 Å². The maximum Gasteiger partial charge on any atom is 0.220 e. The molecule has 0 spiro atoms. The van der Waals surface area contributed by atoms with Gasteiger partial charge in [-0.2, -0.15) is 0 Å². The second kappa shape index (κ2) is 7.11. The lowest BCUT2D eigenvalue weighted by molar-refractivity contribution is -0.122. The molecule has 2 rings (SSSR count). The van der Waals surface area contributed by atoms with Gasteiger partial charge >= 0.3 is 0 Å². The van der Waals surface area contributed by atoms with Crippen LogP contribution in [-0.2, 0) is 4.79 Å². The number of amides is 1. The first-order valence-corrected chi connectivity index (χ1v) is 8.11. The van der Waals surface area contributed by atoms with Crippen molar-refractivity contribution < 1.29 is 9.53 Å². The lowest BCUT2D eigenvalue weighted by Gasteiger charge is -2.27. The largest absolute Gasteiger partial charge is 0.493 e. The van der Waals surface area contributed by atoms with Crippen LogP contribution < -0.4 is 10.1 Å². The lowest BCUT2D eigenvalue weighted by atomic mass is 9.98. The van der Waals surface area contributed by atoms with Crippen LogP contribution in [0.1, 0.15) is 51.1 Å². The Morgan fingerprint density at radius 1 is 1.55 bits per heavy atom. The van der Waals surface area contributed by atoms with E-state index in [1.165, 1.54) is 0 Å². The van der Waals surface area contributed by atoms with E-state index in [1.54, 1.807) is 0 Å². The minimum atomic E-state index is 0.0672. The van der Waals surface area contributed by atoms with Crippen LogP contribution in [0.25, 0.3) is 0 Å². The second-order valence-corrected chi connectivity index (χ2v) is 6.45. The normalized spacial score (nSPS) is 18.9. The highest BCUT2D eigenvalue weighted by molar-refractivity contribution is 9.10. The second-order valence-electron chi connectivity index (χ2n) is 5.54. The summed E-state index contributed by atoms with van der Waals surface area (Å²) in [7, 11) is 0. The van der Waals surface area contributed by atoms with Crippen molar-refractivity contribution in [3.8, 4) is 5.75 Å². The highest BCUT2D eigenvalue weighted by Gasteiger charge is 2.23. The molecule has 1 heterocycles. The van der Waals surface area contributed by atoms with Gasteiger partial charge in [-0.3, -0.25) is 4.79 Å². The van der Waals surface area contributed by atoms with Crippen LogP contribution in [0.4, 0.5) is 0 Å². The van der Waals surface area contributed by atoms with E-state index in [4.69, 9.17) is 4.74 Å². The molecule has 1 amide bonds. The Morgan fingerprint density at radius 3 is 3.10 bits per heavy atom. The summed E-state index contributed by atoms with van der Waals surface area (Å²) in [6.45, 7) is 4.95. The molecule has 1 aliphatic heterocycles. The molecule has 2 unspecified atom stereocenters. The van der Waals surface area contributed by atoms with Gasteiger partial charge in [-0.15, -0.1) is 0 Å². The van der Waals surface area contributed by atoms with Crippen LogP contribution in [0.3, 0.4) is 0 Å². The van der Waals surface area contributed by atoms with Gasteiger partial charge in [-0.25, -0.2) is 0 Å². The number of halogens is 1. The van der Waals surface area contributed by atoms with Gasteiger partial charge in [0.25, 0.3) is 0 Å². The molecule has 3 nitrogen and oxygen atoms in total. The molecule has 0 fully saturated rings. The Morgan fingerprint density at radius 2 is 2.35 bits per heavy atom. The molecule has 1 aliphatic rings. The van der Waals surface area contributed by atoms with Crippen LogP contribution in [0.15, 0.2) is 22.7 Å². The average Bonchev–Trinajstić information content (AvgIpc) is 2.39. The summed E-state index contributed by atoms with van der Waals surface area (Å²) in [5.41, 5.74) is 1.07. The Labute approximate surface area is 129 Å². The first-order valence-electron chi connectivity index (χ1n) is 7.31. The van der Waals surface area contributed by atoms with Gasteiger partial charge in [0.15, 0.2) is 0 Å². The maximum absolute atomic E-state index is 12.1. The summed E-state index contributed by atoms with van der Waals surface area (Å²) in [5.74, 6) is 1.47. The highest BCUT2D eigenvalue weighted by Crippen LogP contribution is 2.34. The zero-order valence-corrected chi connectivity index (χ0v) is 13.7. The molecular weight excluding hydrogens is 318 g/mol. The van der Waals surface area contributed by atoms with Crippen LogP contribution in [0, 0.1) is 5.92 Å². The van der Waals surface area contributed by atoms with Crippen LogP contribution in [0.2, 0.25) is 0 Å². The molecule has 2 atom stereocenters. The third-order valence-corrected chi connectivity index (χ3v) is 4.16. The Balaban J connectivity index is 2.01. The van der Waals surface area contributed by atoms with E-state index in [0.29, 0.717) is 18.9 Å². The number of benzene rings is 1. The van der Waals surface area contributed by atoms with Gasteiger partial charge in [0, 0.05) is 22.9 Å². The van der Waals surface area contributed by atoms with Crippen molar-refractivity contribution in [1.29, 1.82) is 0 Å². The number of carbonyl (C=O) groups excluding carboxylic acids is 1. The molecule has 0 aliphatic carbocycles. The fourth-order valence-corrected chi connectivity index (χ4v) is 3.06. The van der Waals surface area contributed by atoms with E-state index < -0.39 is 0 Å². The van der Waals surface area contributed by atoms with E-state index in [1.807, 2.05) is 18.2 Å². The summed E-state index contributed by atoms with van der Waals surface area (Å²) >= 11 is 3.48. The van der Waals surface area contributed by atoms with Crippen molar-refractivity contribution in [3.63, 3.8) is 0 Å². The molecule has 0 radical (unpaired) electrons.